The van der Waals surface area contributed by atoms with Crippen molar-refractivity contribution in [2.45, 2.75) is 38.3 Å². The first kappa shape index (κ1) is 9.01. The summed E-state index contributed by atoms with van der Waals surface area (Å²) in [6, 6.07) is 0.588. The fourth-order valence-electron chi connectivity index (χ4n) is 1.75. The SMILES string of the molecule is CCC(OC)C(NC)C1CC1. The molecule has 1 aliphatic rings. The zero-order chi connectivity index (χ0) is 8.27. The maximum Gasteiger partial charge on any atom is 0.0724 e. The van der Waals surface area contributed by atoms with Crippen LogP contribution in [0.4, 0.5) is 0 Å². The van der Waals surface area contributed by atoms with E-state index in [4.69, 9.17) is 4.74 Å². The molecule has 0 amide bonds. The summed E-state index contributed by atoms with van der Waals surface area (Å²) in [5.41, 5.74) is 0. The van der Waals surface area contributed by atoms with Crippen LogP contribution in [0.25, 0.3) is 0 Å². The van der Waals surface area contributed by atoms with E-state index < -0.39 is 0 Å². The lowest BCUT2D eigenvalue weighted by Gasteiger charge is -2.24. The van der Waals surface area contributed by atoms with Crippen LogP contribution in [0.1, 0.15) is 26.2 Å². The number of hydrogen-bond donors (Lipinski definition) is 1. The molecule has 0 heterocycles. The quantitative estimate of drug-likeness (QED) is 0.651. The van der Waals surface area contributed by atoms with Crippen LogP contribution in [-0.2, 0) is 4.74 Å². The Kier molecular flexibility index (Phi) is 3.34. The van der Waals surface area contributed by atoms with Crippen molar-refractivity contribution in [2.24, 2.45) is 5.92 Å². The predicted octanol–water partition coefficient (Wildman–Crippen LogP) is 1.41. The monoisotopic (exact) mass is 157 g/mol. The van der Waals surface area contributed by atoms with Gasteiger partial charge in [-0.2, -0.15) is 0 Å². The third-order valence-electron chi connectivity index (χ3n) is 2.57. The van der Waals surface area contributed by atoms with Gasteiger partial charge in [-0.1, -0.05) is 6.92 Å². The Morgan fingerprint density at radius 2 is 2.18 bits per heavy atom. The van der Waals surface area contributed by atoms with Crippen molar-refractivity contribution in [3.63, 3.8) is 0 Å². The molecule has 1 rings (SSSR count). The van der Waals surface area contributed by atoms with Crippen LogP contribution in [0.3, 0.4) is 0 Å². The van der Waals surface area contributed by atoms with Crippen molar-refractivity contribution in [2.75, 3.05) is 14.2 Å². The molecule has 0 aliphatic heterocycles. The van der Waals surface area contributed by atoms with Crippen LogP contribution < -0.4 is 5.32 Å². The summed E-state index contributed by atoms with van der Waals surface area (Å²) in [5, 5.41) is 3.34. The highest BCUT2D eigenvalue weighted by Crippen LogP contribution is 2.34. The van der Waals surface area contributed by atoms with Gasteiger partial charge in [0.25, 0.3) is 0 Å². The van der Waals surface area contributed by atoms with E-state index in [0.29, 0.717) is 12.1 Å². The normalized spacial score (nSPS) is 23.2. The van der Waals surface area contributed by atoms with Crippen LogP contribution in [-0.4, -0.2) is 26.3 Å². The first-order valence-corrected chi connectivity index (χ1v) is 4.53. The summed E-state index contributed by atoms with van der Waals surface area (Å²) in [5.74, 6) is 0.880. The Hall–Kier alpha value is -0.0800. The first-order valence-electron chi connectivity index (χ1n) is 4.53. The molecule has 66 valence electrons. The summed E-state index contributed by atoms with van der Waals surface area (Å²) in [7, 11) is 3.84. The molecule has 11 heavy (non-hydrogen) atoms. The van der Waals surface area contributed by atoms with Gasteiger partial charge >= 0.3 is 0 Å². The van der Waals surface area contributed by atoms with Gasteiger partial charge in [-0.15, -0.1) is 0 Å². The Morgan fingerprint density at radius 1 is 1.55 bits per heavy atom. The van der Waals surface area contributed by atoms with Gasteiger partial charge in [-0.05, 0) is 32.2 Å². The maximum atomic E-state index is 5.39. The summed E-state index contributed by atoms with van der Waals surface area (Å²) in [4.78, 5) is 0. The van der Waals surface area contributed by atoms with E-state index in [1.807, 2.05) is 7.05 Å². The molecule has 0 bridgehead atoms. The lowest BCUT2D eigenvalue weighted by molar-refractivity contribution is 0.0608. The predicted molar refractivity (Wildman–Crippen MR) is 46.7 cm³/mol. The molecule has 2 unspecified atom stereocenters. The van der Waals surface area contributed by atoms with E-state index in [0.717, 1.165) is 12.3 Å². The van der Waals surface area contributed by atoms with Crippen LogP contribution in [0.2, 0.25) is 0 Å². The Morgan fingerprint density at radius 3 is 2.45 bits per heavy atom. The number of hydrogen-bond acceptors (Lipinski definition) is 2. The van der Waals surface area contributed by atoms with Crippen molar-refractivity contribution in [1.82, 2.24) is 5.32 Å². The molecule has 0 saturated heterocycles. The van der Waals surface area contributed by atoms with E-state index >= 15 is 0 Å². The fourth-order valence-corrected chi connectivity index (χ4v) is 1.75. The third-order valence-corrected chi connectivity index (χ3v) is 2.57. The number of rotatable bonds is 5. The summed E-state index contributed by atoms with van der Waals surface area (Å²) >= 11 is 0. The molecule has 1 aliphatic carbocycles. The number of likely N-dealkylation sites (N-methyl/N-ethyl adjacent to an activating group) is 1. The van der Waals surface area contributed by atoms with Gasteiger partial charge in [-0.25, -0.2) is 0 Å². The molecular formula is C9H19NO. The van der Waals surface area contributed by atoms with Gasteiger partial charge in [0.05, 0.1) is 6.10 Å². The third kappa shape index (κ3) is 2.17. The molecular weight excluding hydrogens is 138 g/mol. The lowest BCUT2D eigenvalue weighted by Crippen LogP contribution is -2.40. The standard InChI is InChI=1S/C9H19NO/c1-4-8(11-3)9(10-2)7-5-6-7/h7-10H,4-6H2,1-3H3. The van der Waals surface area contributed by atoms with Crippen LogP contribution in [0.15, 0.2) is 0 Å². The zero-order valence-corrected chi connectivity index (χ0v) is 7.76. The van der Waals surface area contributed by atoms with Gasteiger partial charge in [-0.3, -0.25) is 0 Å². The van der Waals surface area contributed by atoms with Gasteiger partial charge in [0.2, 0.25) is 0 Å². The Balaban J connectivity index is 2.36. The second-order valence-corrected chi connectivity index (χ2v) is 3.33. The first-order chi connectivity index (χ1) is 5.33. The van der Waals surface area contributed by atoms with Gasteiger partial charge in [0.15, 0.2) is 0 Å². The number of ether oxygens (including phenoxy) is 1. The minimum Gasteiger partial charge on any atom is -0.380 e. The molecule has 1 saturated carbocycles. The largest absolute Gasteiger partial charge is 0.380 e. The van der Waals surface area contributed by atoms with Gasteiger partial charge in [0.1, 0.15) is 0 Å². The van der Waals surface area contributed by atoms with Crippen molar-refractivity contribution in [3.8, 4) is 0 Å². The Bertz CT molecular complexity index is 108. The molecule has 1 N–H and O–H groups in total. The highest BCUT2D eigenvalue weighted by Gasteiger charge is 2.34. The van der Waals surface area contributed by atoms with Crippen LogP contribution >= 0.6 is 0 Å². The van der Waals surface area contributed by atoms with Crippen molar-refractivity contribution in [1.29, 1.82) is 0 Å². The molecule has 2 nitrogen and oxygen atoms in total. The average molecular weight is 157 g/mol. The van der Waals surface area contributed by atoms with E-state index in [9.17, 15) is 0 Å². The smallest absolute Gasteiger partial charge is 0.0724 e. The van der Waals surface area contributed by atoms with Crippen LogP contribution in [0, 0.1) is 5.92 Å². The second kappa shape index (κ2) is 4.07. The lowest BCUT2D eigenvalue weighted by atomic mass is 10.0. The van der Waals surface area contributed by atoms with Crippen molar-refractivity contribution >= 4 is 0 Å². The number of nitrogens with one attached hydrogen (secondary N) is 1. The minimum atomic E-state index is 0.410. The second-order valence-electron chi connectivity index (χ2n) is 3.33. The van der Waals surface area contributed by atoms with E-state index in [2.05, 4.69) is 12.2 Å². The summed E-state index contributed by atoms with van der Waals surface area (Å²) in [6.45, 7) is 2.18. The molecule has 0 aromatic heterocycles. The zero-order valence-electron chi connectivity index (χ0n) is 7.76. The molecule has 2 atom stereocenters. The summed E-state index contributed by atoms with van der Waals surface area (Å²) in [6.07, 6.45) is 4.28. The van der Waals surface area contributed by atoms with E-state index in [1.165, 1.54) is 12.8 Å². The van der Waals surface area contributed by atoms with Crippen LogP contribution in [0.5, 0.6) is 0 Å². The molecule has 0 spiro atoms. The van der Waals surface area contributed by atoms with Crippen molar-refractivity contribution < 1.29 is 4.74 Å². The Labute approximate surface area is 69.3 Å². The molecule has 0 aromatic rings. The summed E-state index contributed by atoms with van der Waals surface area (Å²) < 4.78 is 5.39. The molecule has 0 radical (unpaired) electrons. The van der Waals surface area contributed by atoms with Gasteiger partial charge in [0, 0.05) is 13.2 Å². The highest BCUT2D eigenvalue weighted by atomic mass is 16.5. The molecule has 0 aromatic carbocycles. The maximum absolute atomic E-state index is 5.39. The fraction of sp³-hybridized carbons (Fsp3) is 1.00. The number of methoxy groups -OCH3 is 1. The molecule has 2 heteroatoms. The highest BCUT2D eigenvalue weighted by molar-refractivity contribution is 4.90. The van der Waals surface area contributed by atoms with Gasteiger partial charge < -0.3 is 10.1 Å². The van der Waals surface area contributed by atoms with Crippen molar-refractivity contribution in [3.05, 3.63) is 0 Å². The minimum absolute atomic E-state index is 0.410. The van der Waals surface area contributed by atoms with E-state index in [1.54, 1.807) is 7.11 Å². The average Bonchev–Trinajstić information content (AvgIpc) is 2.82. The van der Waals surface area contributed by atoms with E-state index in [-0.39, 0.29) is 0 Å². The topological polar surface area (TPSA) is 21.3 Å². The molecule has 1 fully saturated rings.